The van der Waals surface area contributed by atoms with E-state index >= 15 is 4.39 Å². The monoisotopic (exact) mass is 665 g/mol. The van der Waals surface area contributed by atoms with E-state index in [0.29, 0.717) is 22.6 Å². The van der Waals surface area contributed by atoms with E-state index in [-0.39, 0.29) is 12.4 Å². The number of nitrogens with one attached hydrogen (secondary N) is 1. The first-order valence-electron chi connectivity index (χ1n) is 15.7. The molecule has 1 amide bonds. The zero-order valence-corrected chi connectivity index (χ0v) is 27.2. The number of ether oxygens (including phenoxy) is 4. The highest BCUT2D eigenvalue weighted by atomic mass is 19.1. The number of hydrogen-bond donors (Lipinski definition) is 2. The van der Waals surface area contributed by atoms with Gasteiger partial charge in [0.1, 0.15) is 35.1 Å². The molecule has 10 nitrogen and oxygen atoms in total. The van der Waals surface area contributed by atoms with Gasteiger partial charge in [-0.1, -0.05) is 72.8 Å². The number of methoxy groups -OCH3 is 2. The fourth-order valence-corrected chi connectivity index (χ4v) is 5.99. The Labute approximate surface area is 282 Å². The number of rotatable bonds is 11. The van der Waals surface area contributed by atoms with Crippen LogP contribution >= 0.6 is 0 Å². The molecule has 0 radical (unpaired) electrons. The van der Waals surface area contributed by atoms with Crippen molar-refractivity contribution in [1.29, 1.82) is 0 Å². The van der Waals surface area contributed by atoms with Crippen LogP contribution in [0.25, 0.3) is 0 Å². The number of aryl methyl sites for hydroxylation is 1. The summed E-state index contributed by atoms with van der Waals surface area (Å²) in [6, 6.07) is 32.8. The minimum absolute atomic E-state index is 0.0376. The smallest absolute Gasteiger partial charge is 0.351 e. The third-order valence-electron chi connectivity index (χ3n) is 8.61. The van der Waals surface area contributed by atoms with Gasteiger partial charge in [0.15, 0.2) is 12.4 Å². The molecule has 2 heterocycles. The van der Waals surface area contributed by atoms with Crippen LogP contribution in [-0.2, 0) is 15.1 Å². The molecule has 0 unspecified atom stereocenters. The summed E-state index contributed by atoms with van der Waals surface area (Å²) in [6.45, 7) is 1.37. The molecule has 11 heteroatoms. The number of aromatic nitrogens is 2. The highest BCUT2D eigenvalue weighted by Crippen LogP contribution is 2.43. The van der Waals surface area contributed by atoms with Gasteiger partial charge < -0.3 is 29.4 Å². The van der Waals surface area contributed by atoms with E-state index in [2.05, 4.69) is 10.3 Å². The van der Waals surface area contributed by atoms with E-state index in [1.165, 1.54) is 6.20 Å². The van der Waals surface area contributed by atoms with E-state index in [4.69, 9.17) is 18.9 Å². The molecule has 1 fully saturated rings. The number of alkyl halides is 1. The van der Waals surface area contributed by atoms with Crippen LogP contribution in [0, 0.1) is 6.92 Å². The summed E-state index contributed by atoms with van der Waals surface area (Å²) in [7, 11) is 3.16. The number of anilines is 1. The summed E-state index contributed by atoms with van der Waals surface area (Å²) in [5, 5.41) is 13.7. The number of carbonyl (C=O) groups excluding carboxylic acids is 1. The minimum atomic E-state index is -1.98. The highest BCUT2D eigenvalue weighted by Gasteiger charge is 2.48. The molecule has 0 bridgehead atoms. The standard InChI is InChI=1S/C38H36FN3O7/c1-24-22-42(37(45)41-34(24)40-35(44)25-10-6-4-7-11-25)36-32(39)33(43)31(49-36)23-48-38(26-12-8-5-9-13-26,27-14-18-29(46-2)19-15-27)28-16-20-30(47-3)21-17-28/h4-22,31-33,36,43H,23H2,1-3H3,(H,40,41,44,45)/t31-,32-,33-,36-/m1/s1. The first-order chi connectivity index (χ1) is 23.7. The maximum absolute atomic E-state index is 15.8. The van der Waals surface area contributed by atoms with Crippen molar-refractivity contribution < 1.29 is 33.2 Å². The minimum Gasteiger partial charge on any atom is -0.497 e. The number of hydrogen-bond acceptors (Lipinski definition) is 8. The van der Waals surface area contributed by atoms with Gasteiger partial charge in [-0.3, -0.25) is 9.36 Å². The van der Waals surface area contributed by atoms with Crippen LogP contribution in [0.15, 0.2) is 120 Å². The van der Waals surface area contributed by atoms with Crippen LogP contribution < -0.4 is 20.5 Å². The molecule has 4 atom stereocenters. The SMILES string of the molecule is COc1ccc(C(OC[C@H]2O[C@@H](n3cc(C)c(NC(=O)c4ccccc4)nc3=O)[C@H](F)[C@@H]2O)(c2ccccc2)c2ccc(OC)cc2)cc1. The topological polar surface area (TPSA) is 121 Å². The first-order valence-corrected chi connectivity index (χ1v) is 15.7. The van der Waals surface area contributed by atoms with Gasteiger partial charge in [0.25, 0.3) is 5.91 Å². The second-order valence-corrected chi connectivity index (χ2v) is 11.6. The van der Waals surface area contributed by atoms with E-state index in [0.717, 1.165) is 21.3 Å². The van der Waals surface area contributed by atoms with Crippen molar-refractivity contribution in [1.82, 2.24) is 9.55 Å². The predicted molar refractivity (Wildman–Crippen MR) is 181 cm³/mol. The molecule has 0 saturated carbocycles. The summed E-state index contributed by atoms with van der Waals surface area (Å²) < 4.78 is 40.4. The quantitative estimate of drug-likeness (QED) is 0.179. The van der Waals surface area contributed by atoms with Gasteiger partial charge in [-0.05, 0) is 60.0 Å². The third-order valence-corrected chi connectivity index (χ3v) is 8.61. The Morgan fingerprint density at radius 1 is 0.878 bits per heavy atom. The lowest BCUT2D eigenvalue weighted by atomic mass is 9.80. The van der Waals surface area contributed by atoms with Crippen molar-refractivity contribution in [3.8, 4) is 11.5 Å². The van der Waals surface area contributed by atoms with Crippen LogP contribution in [0.3, 0.4) is 0 Å². The van der Waals surface area contributed by atoms with Gasteiger partial charge >= 0.3 is 5.69 Å². The summed E-state index contributed by atoms with van der Waals surface area (Å²) >= 11 is 0. The van der Waals surface area contributed by atoms with Crippen LogP contribution in [0.5, 0.6) is 11.5 Å². The molecule has 252 valence electrons. The van der Waals surface area contributed by atoms with Gasteiger partial charge in [0, 0.05) is 17.3 Å². The number of nitrogens with zero attached hydrogens (tertiary/aromatic N) is 2. The predicted octanol–water partition coefficient (Wildman–Crippen LogP) is 5.43. The zero-order valence-electron chi connectivity index (χ0n) is 27.2. The fourth-order valence-electron chi connectivity index (χ4n) is 5.99. The van der Waals surface area contributed by atoms with Crippen LogP contribution in [0.1, 0.15) is 38.8 Å². The van der Waals surface area contributed by atoms with Crippen molar-refractivity contribution in [2.45, 2.75) is 37.1 Å². The van der Waals surface area contributed by atoms with E-state index in [1.54, 1.807) is 51.5 Å². The number of carbonyl (C=O) groups is 1. The normalized spacial score (nSPS) is 19.0. The number of aliphatic hydroxyl groups is 1. The summed E-state index contributed by atoms with van der Waals surface area (Å²) in [4.78, 5) is 29.8. The molecule has 5 aromatic rings. The van der Waals surface area contributed by atoms with Crippen molar-refractivity contribution in [2.24, 2.45) is 0 Å². The molecule has 0 spiro atoms. The Morgan fingerprint density at radius 2 is 1.41 bits per heavy atom. The molecule has 4 aromatic carbocycles. The number of benzene rings is 4. The van der Waals surface area contributed by atoms with Gasteiger partial charge in [0.2, 0.25) is 0 Å². The van der Waals surface area contributed by atoms with Crippen molar-refractivity contribution >= 4 is 11.7 Å². The van der Waals surface area contributed by atoms with E-state index in [9.17, 15) is 14.7 Å². The van der Waals surface area contributed by atoms with E-state index in [1.807, 2.05) is 78.9 Å². The van der Waals surface area contributed by atoms with Crippen LogP contribution in [-0.4, -0.2) is 59.8 Å². The second kappa shape index (κ2) is 14.4. The Kier molecular flexibility index (Phi) is 9.86. The lowest BCUT2D eigenvalue weighted by Crippen LogP contribution is -2.39. The van der Waals surface area contributed by atoms with Gasteiger partial charge in [0.05, 0.1) is 20.8 Å². The molecule has 49 heavy (non-hydrogen) atoms. The lowest BCUT2D eigenvalue weighted by Gasteiger charge is -2.37. The van der Waals surface area contributed by atoms with Crippen LogP contribution in [0.4, 0.5) is 10.2 Å². The Morgan fingerprint density at radius 3 is 1.96 bits per heavy atom. The van der Waals surface area contributed by atoms with Crippen molar-refractivity contribution in [2.75, 3.05) is 26.1 Å². The number of aliphatic hydroxyl groups excluding tert-OH is 1. The second-order valence-electron chi connectivity index (χ2n) is 11.6. The molecule has 1 aromatic heterocycles. The average Bonchev–Trinajstić information content (AvgIpc) is 3.43. The third kappa shape index (κ3) is 6.68. The summed E-state index contributed by atoms with van der Waals surface area (Å²) in [5.41, 5.74) is 0.958. The fraction of sp³-hybridized carbons (Fsp3) is 0.237. The first kappa shape index (κ1) is 33.5. The summed E-state index contributed by atoms with van der Waals surface area (Å²) in [6.07, 6.45) is -4.91. The largest absolute Gasteiger partial charge is 0.497 e. The van der Waals surface area contributed by atoms with Gasteiger partial charge in [-0.2, -0.15) is 4.98 Å². The Bertz CT molecular complexity index is 1890. The molecule has 2 N–H and O–H groups in total. The maximum Gasteiger partial charge on any atom is 0.351 e. The zero-order chi connectivity index (χ0) is 34.5. The highest BCUT2D eigenvalue weighted by molar-refractivity contribution is 6.04. The van der Waals surface area contributed by atoms with E-state index < -0.39 is 41.8 Å². The molecule has 1 aliphatic heterocycles. The molecule has 6 rings (SSSR count). The lowest BCUT2D eigenvalue weighted by molar-refractivity contribution is -0.0950. The Hall–Kier alpha value is -5.36. The average molecular weight is 666 g/mol. The van der Waals surface area contributed by atoms with Gasteiger partial charge in [-0.25, -0.2) is 9.18 Å². The molecule has 1 saturated heterocycles. The molecular weight excluding hydrogens is 629 g/mol. The van der Waals surface area contributed by atoms with Crippen molar-refractivity contribution in [3.05, 3.63) is 154 Å². The number of halogens is 1. The van der Waals surface area contributed by atoms with Crippen molar-refractivity contribution in [3.63, 3.8) is 0 Å². The molecule has 1 aliphatic rings. The van der Waals surface area contributed by atoms with Gasteiger partial charge in [-0.15, -0.1) is 0 Å². The number of amides is 1. The summed E-state index contributed by atoms with van der Waals surface area (Å²) in [5.74, 6) is 0.892. The maximum atomic E-state index is 15.8. The van der Waals surface area contributed by atoms with Crippen LogP contribution in [0.2, 0.25) is 0 Å². The molecular formula is C38H36FN3O7. The Balaban J connectivity index is 1.31. The molecule has 0 aliphatic carbocycles.